The summed E-state index contributed by atoms with van der Waals surface area (Å²) in [6.07, 6.45) is 3.51. The molecule has 0 amide bonds. The normalized spacial score (nSPS) is 24.0. The van der Waals surface area contributed by atoms with E-state index >= 15 is 0 Å². The molecular weight excluding hydrogens is 192 g/mol. The third-order valence-electron chi connectivity index (χ3n) is 2.61. The van der Waals surface area contributed by atoms with E-state index in [-0.39, 0.29) is 6.10 Å². The zero-order valence-corrected chi connectivity index (χ0v) is 8.26. The zero-order chi connectivity index (χ0) is 10.7. The minimum atomic E-state index is 0.141. The van der Waals surface area contributed by atoms with Gasteiger partial charge in [0.25, 0.3) is 5.88 Å². The Morgan fingerprint density at radius 1 is 1.60 bits per heavy atom. The van der Waals surface area contributed by atoms with Gasteiger partial charge in [-0.15, -0.1) is 5.10 Å². The van der Waals surface area contributed by atoms with Crippen molar-refractivity contribution in [1.29, 1.82) is 5.26 Å². The summed E-state index contributed by atoms with van der Waals surface area (Å²) >= 11 is 0. The fraction of sp³-hybridized carbons (Fsp3) is 0.500. The number of rotatable bonds is 3. The molecule has 2 N–H and O–H groups in total. The first-order chi connectivity index (χ1) is 7.33. The Kier molecular flexibility index (Phi) is 2.79. The maximum absolute atomic E-state index is 8.80. The third kappa shape index (κ3) is 2.05. The van der Waals surface area contributed by atoms with Crippen LogP contribution in [0.25, 0.3) is 0 Å². The fourth-order valence-electron chi connectivity index (χ4n) is 1.61. The van der Waals surface area contributed by atoms with E-state index in [0.29, 0.717) is 23.9 Å². The summed E-state index contributed by atoms with van der Waals surface area (Å²) < 4.78 is 5.55. The minimum absolute atomic E-state index is 0.141. The molecule has 1 aromatic heterocycles. The van der Waals surface area contributed by atoms with Crippen LogP contribution in [0, 0.1) is 17.2 Å². The molecule has 0 atom stereocenters. The van der Waals surface area contributed by atoms with Gasteiger partial charge in [0, 0.05) is 0 Å². The van der Waals surface area contributed by atoms with Gasteiger partial charge in [-0.25, -0.2) is 0 Å². The van der Waals surface area contributed by atoms with Gasteiger partial charge in [-0.05, 0) is 31.4 Å². The van der Waals surface area contributed by atoms with Crippen molar-refractivity contribution in [2.45, 2.75) is 18.9 Å². The predicted molar refractivity (Wildman–Crippen MR) is 52.9 cm³/mol. The molecule has 0 saturated heterocycles. The highest BCUT2D eigenvalue weighted by Gasteiger charge is 2.30. The summed E-state index contributed by atoms with van der Waals surface area (Å²) in [5.74, 6) is 0.887. The highest BCUT2D eigenvalue weighted by Crippen LogP contribution is 2.30. The van der Waals surface area contributed by atoms with Crippen molar-refractivity contribution in [3.63, 3.8) is 0 Å². The SMILES string of the molecule is N#Cc1ccnnc1OC1CC(CN)C1. The number of nitrogens with zero attached hydrogens (tertiary/aromatic N) is 3. The molecule has 78 valence electrons. The molecule has 1 aliphatic rings. The molecular formula is C10H12N4O. The molecule has 1 aliphatic carbocycles. The van der Waals surface area contributed by atoms with Crippen molar-refractivity contribution in [1.82, 2.24) is 10.2 Å². The first-order valence-electron chi connectivity index (χ1n) is 4.92. The second-order valence-corrected chi connectivity index (χ2v) is 3.67. The summed E-state index contributed by atoms with van der Waals surface area (Å²) in [5, 5.41) is 16.3. The molecule has 0 bridgehead atoms. The topological polar surface area (TPSA) is 84.8 Å². The van der Waals surface area contributed by atoms with E-state index in [1.165, 1.54) is 6.20 Å². The number of ether oxygens (including phenoxy) is 1. The van der Waals surface area contributed by atoms with Gasteiger partial charge < -0.3 is 10.5 Å². The smallest absolute Gasteiger partial charge is 0.251 e. The van der Waals surface area contributed by atoms with E-state index in [1.54, 1.807) is 6.07 Å². The summed E-state index contributed by atoms with van der Waals surface area (Å²) in [6.45, 7) is 0.700. The van der Waals surface area contributed by atoms with Crippen LogP contribution in [0.1, 0.15) is 18.4 Å². The van der Waals surface area contributed by atoms with Crippen LogP contribution in [0.3, 0.4) is 0 Å². The predicted octanol–water partition coefficient (Wildman–Crippen LogP) is 0.464. The second kappa shape index (κ2) is 4.24. The van der Waals surface area contributed by atoms with E-state index in [9.17, 15) is 0 Å². The van der Waals surface area contributed by atoms with Gasteiger partial charge in [-0.1, -0.05) is 0 Å². The minimum Gasteiger partial charge on any atom is -0.472 e. The lowest BCUT2D eigenvalue weighted by Gasteiger charge is -2.33. The van der Waals surface area contributed by atoms with Gasteiger partial charge in [-0.2, -0.15) is 10.4 Å². The number of hydrogen-bond acceptors (Lipinski definition) is 5. The van der Waals surface area contributed by atoms with E-state index < -0.39 is 0 Å². The lowest BCUT2D eigenvalue weighted by Crippen LogP contribution is -2.38. The molecule has 0 aliphatic heterocycles. The summed E-state index contributed by atoms with van der Waals surface area (Å²) in [4.78, 5) is 0. The van der Waals surface area contributed by atoms with Crippen molar-refractivity contribution < 1.29 is 4.74 Å². The van der Waals surface area contributed by atoms with Gasteiger partial charge in [0.15, 0.2) is 0 Å². The Morgan fingerprint density at radius 2 is 2.40 bits per heavy atom. The Bertz CT molecular complexity index is 381. The zero-order valence-electron chi connectivity index (χ0n) is 8.26. The van der Waals surface area contributed by atoms with Crippen LogP contribution in [-0.2, 0) is 0 Å². The number of aromatic nitrogens is 2. The highest BCUT2D eigenvalue weighted by molar-refractivity contribution is 5.35. The molecule has 0 unspecified atom stereocenters. The first kappa shape index (κ1) is 9.87. The van der Waals surface area contributed by atoms with E-state index in [4.69, 9.17) is 15.7 Å². The Labute approximate surface area is 87.9 Å². The van der Waals surface area contributed by atoms with Crippen molar-refractivity contribution in [3.05, 3.63) is 17.8 Å². The molecule has 5 heteroatoms. The van der Waals surface area contributed by atoms with E-state index in [1.807, 2.05) is 6.07 Å². The lowest BCUT2D eigenvalue weighted by atomic mass is 9.82. The molecule has 5 nitrogen and oxygen atoms in total. The Morgan fingerprint density at radius 3 is 3.07 bits per heavy atom. The molecule has 1 aromatic rings. The molecule has 1 fully saturated rings. The first-order valence-corrected chi connectivity index (χ1v) is 4.92. The standard InChI is InChI=1S/C10H12N4O/c11-5-7-3-9(4-7)15-10-8(6-12)1-2-13-14-10/h1-2,7,9H,3-5,11H2. The molecule has 0 aromatic carbocycles. The summed E-state index contributed by atoms with van der Waals surface area (Å²) in [7, 11) is 0. The lowest BCUT2D eigenvalue weighted by molar-refractivity contribution is 0.0636. The van der Waals surface area contributed by atoms with Crippen LogP contribution in [0.5, 0.6) is 5.88 Å². The van der Waals surface area contributed by atoms with Crippen molar-refractivity contribution >= 4 is 0 Å². The average molecular weight is 204 g/mol. The van der Waals surface area contributed by atoms with E-state index in [0.717, 1.165) is 12.8 Å². The molecule has 2 rings (SSSR count). The highest BCUT2D eigenvalue weighted by atomic mass is 16.5. The molecule has 0 radical (unpaired) electrons. The van der Waals surface area contributed by atoms with Gasteiger partial charge >= 0.3 is 0 Å². The maximum atomic E-state index is 8.80. The van der Waals surface area contributed by atoms with Crippen LogP contribution in [0.4, 0.5) is 0 Å². The number of hydrogen-bond donors (Lipinski definition) is 1. The molecule has 1 saturated carbocycles. The number of nitrogens with two attached hydrogens (primary N) is 1. The number of nitriles is 1. The molecule has 15 heavy (non-hydrogen) atoms. The summed E-state index contributed by atoms with van der Waals surface area (Å²) in [5.41, 5.74) is 5.94. The van der Waals surface area contributed by atoms with Crippen molar-refractivity contribution in [2.75, 3.05) is 6.54 Å². The van der Waals surface area contributed by atoms with E-state index in [2.05, 4.69) is 10.2 Å². The monoisotopic (exact) mass is 204 g/mol. The van der Waals surface area contributed by atoms with Gasteiger partial charge in [0.1, 0.15) is 17.7 Å². The quantitative estimate of drug-likeness (QED) is 0.773. The largest absolute Gasteiger partial charge is 0.472 e. The molecule has 0 spiro atoms. The van der Waals surface area contributed by atoms with Crippen LogP contribution >= 0.6 is 0 Å². The second-order valence-electron chi connectivity index (χ2n) is 3.67. The third-order valence-corrected chi connectivity index (χ3v) is 2.61. The van der Waals surface area contributed by atoms with Crippen molar-refractivity contribution in [2.24, 2.45) is 11.7 Å². The fourth-order valence-corrected chi connectivity index (χ4v) is 1.61. The summed E-state index contributed by atoms with van der Waals surface area (Å²) in [6, 6.07) is 3.62. The van der Waals surface area contributed by atoms with Crippen LogP contribution < -0.4 is 10.5 Å². The van der Waals surface area contributed by atoms with Crippen LogP contribution in [0.2, 0.25) is 0 Å². The molecule has 1 heterocycles. The average Bonchev–Trinajstić information content (AvgIpc) is 2.23. The van der Waals surface area contributed by atoms with Gasteiger partial charge in [0.2, 0.25) is 0 Å². The Hall–Kier alpha value is -1.67. The van der Waals surface area contributed by atoms with Crippen LogP contribution in [-0.4, -0.2) is 22.8 Å². The van der Waals surface area contributed by atoms with Crippen molar-refractivity contribution in [3.8, 4) is 11.9 Å². The van der Waals surface area contributed by atoms with Crippen LogP contribution in [0.15, 0.2) is 12.3 Å². The Balaban J connectivity index is 1.97. The van der Waals surface area contributed by atoms with Gasteiger partial charge in [-0.3, -0.25) is 0 Å². The van der Waals surface area contributed by atoms with Gasteiger partial charge in [0.05, 0.1) is 6.20 Å². The maximum Gasteiger partial charge on any atom is 0.251 e.